The van der Waals surface area contributed by atoms with Gasteiger partial charge in [0.25, 0.3) is 0 Å². The standard InChI is InChI=1S/C18H14O4/c1-21-17-9-6-13(16-3-2-10-22-16)11-15(17)18(20)12-4-7-14(19)8-5-12/h2-11,19H,1H3. The number of hydrogen-bond acceptors (Lipinski definition) is 4. The van der Waals surface area contributed by atoms with E-state index in [1.54, 1.807) is 36.6 Å². The number of carbonyl (C=O) groups is 1. The molecule has 0 amide bonds. The molecule has 3 aromatic rings. The van der Waals surface area contributed by atoms with Crippen LogP contribution in [0.3, 0.4) is 0 Å². The van der Waals surface area contributed by atoms with Crippen LogP contribution in [0.2, 0.25) is 0 Å². The zero-order valence-corrected chi connectivity index (χ0v) is 11.9. The number of benzene rings is 2. The fraction of sp³-hybridized carbons (Fsp3) is 0.0556. The number of methoxy groups -OCH3 is 1. The van der Waals surface area contributed by atoms with Crippen LogP contribution >= 0.6 is 0 Å². The molecule has 0 unspecified atom stereocenters. The van der Waals surface area contributed by atoms with Crippen molar-refractivity contribution in [3.05, 3.63) is 72.0 Å². The largest absolute Gasteiger partial charge is 0.508 e. The Morgan fingerprint density at radius 3 is 2.50 bits per heavy atom. The van der Waals surface area contributed by atoms with Crippen molar-refractivity contribution in [3.8, 4) is 22.8 Å². The van der Waals surface area contributed by atoms with Crippen LogP contribution in [-0.4, -0.2) is 18.0 Å². The molecule has 0 fully saturated rings. The minimum atomic E-state index is -0.176. The lowest BCUT2D eigenvalue weighted by atomic mass is 9.99. The summed E-state index contributed by atoms with van der Waals surface area (Å²) in [5, 5.41) is 9.33. The summed E-state index contributed by atoms with van der Waals surface area (Å²) in [6.07, 6.45) is 1.58. The molecule has 3 rings (SSSR count). The van der Waals surface area contributed by atoms with Crippen LogP contribution in [0.1, 0.15) is 15.9 Å². The maximum absolute atomic E-state index is 12.7. The summed E-state index contributed by atoms with van der Waals surface area (Å²) in [4.78, 5) is 12.7. The van der Waals surface area contributed by atoms with E-state index < -0.39 is 0 Å². The van der Waals surface area contributed by atoms with E-state index >= 15 is 0 Å². The van der Waals surface area contributed by atoms with Gasteiger partial charge in [-0.15, -0.1) is 0 Å². The van der Waals surface area contributed by atoms with E-state index in [-0.39, 0.29) is 11.5 Å². The van der Waals surface area contributed by atoms with Crippen LogP contribution in [0.5, 0.6) is 11.5 Å². The molecule has 0 aliphatic heterocycles. The fourth-order valence-electron chi connectivity index (χ4n) is 2.25. The number of furan rings is 1. The van der Waals surface area contributed by atoms with E-state index in [1.165, 1.54) is 19.2 Å². The molecule has 0 saturated carbocycles. The molecule has 4 heteroatoms. The van der Waals surface area contributed by atoms with Gasteiger partial charge in [0.15, 0.2) is 5.78 Å². The lowest BCUT2D eigenvalue weighted by molar-refractivity contribution is 0.103. The van der Waals surface area contributed by atoms with Gasteiger partial charge in [-0.2, -0.15) is 0 Å². The van der Waals surface area contributed by atoms with Gasteiger partial charge in [-0.3, -0.25) is 4.79 Å². The first-order chi connectivity index (χ1) is 10.7. The van der Waals surface area contributed by atoms with E-state index in [0.717, 1.165) is 5.56 Å². The number of ketones is 1. The first-order valence-electron chi connectivity index (χ1n) is 6.74. The number of phenolic OH excluding ortho intramolecular Hbond substituents is 1. The fourth-order valence-corrected chi connectivity index (χ4v) is 2.25. The number of rotatable bonds is 4. The lowest BCUT2D eigenvalue weighted by Crippen LogP contribution is -2.04. The Morgan fingerprint density at radius 1 is 1.09 bits per heavy atom. The smallest absolute Gasteiger partial charge is 0.196 e. The second-order valence-electron chi connectivity index (χ2n) is 4.77. The second kappa shape index (κ2) is 5.77. The second-order valence-corrected chi connectivity index (χ2v) is 4.77. The van der Waals surface area contributed by atoms with Gasteiger partial charge in [-0.1, -0.05) is 0 Å². The van der Waals surface area contributed by atoms with Crippen LogP contribution in [0.15, 0.2) is 65.3 Å². The number of phenols is 1. The molecule has 22 heavy (non-hydrogen) atoms. The molecule has 1 aromatic heterocycles. The van der Waals surface area contributed by atoms with Crippen LogP contribution in [0.4, 0.5) is 0 Å². The molecule has 1 N–H and O–H groups in total. The van der Waals surface area contributed by atoms with Crippen molar-refractivity contribution in [2.75, 3.05) is 7.11 Å². The molecule has 1 heterocycles. The van der Waals surface area contributed by atoms with Crippen molar-refractivity contribution in [1.29, 1.82) is 0 Å². The van der Waals surface area contributed by atoms with Crippen LogP contribution < -0.4 is 4.74 Å². The number of hydrogen-bond donors (Lipinski definition) is 1. The Kier molecular flexibility index (Phi) is 3.66. The Bertz CT molecular complexity index is 786. The first kappa shape index (κ1) is 13.9. The quantitative estimate of drug-likeness (QED) is 0.741. The van der Waals surface area contributed by atoms with Crippen molar-refractivity contribution >= 4 is 5.78 Å². The zero-order chi connectivity index (χ0) is 15.5. The highest BCUT2D eigenvalue weighted by molar-refractivity contribution is 6.11. The molecule has 0 saturated heterocycles. The zero-order valence-electron chi connectivity index (χ0n) is 11.9. The average molecular weight is 294 g/mol. The van der Waals surface area contributed by atoms with Crippen molar-refractivity contribution in [2.24, 2.45) is 0 Å². The third-order valence-electron chi connectivity index (χ3n) is 3.38. The highest BCUT2D eigenvalue weighted by Gasteiger charge is 2.16. The van der Waals surface area contributed by atoms with Crippen molar-refractivity contribution in [1.82, 2.24) is 0 Å². The third-order valence-corrected chi connectivity index (χ3v) is 3.38. The summed E-state index contributed by atoms with van der Waals surface area (Å²) in [5.74, 6) is 1.12. The van der Waals surface area contributed by atoms with Gasteiger partial charge < -0.3 is 14.3 Å². The van der Waals surface area contributed by atoms with Gasteiger partial charge >= 0.3 is 0 Å². The Labute approximate surface area is 127 Å². The predicted octanol–water partition coefficient (Wildman–Crippen LogP) is 3.89. The monoisotopic (exact) mass is 294 g/mol. The Balaban J connectivity index is 2.06. The molecule has 4 nitrogen and oxygen atoms in total. The van der Waals surface area contributed by atoms with E-state index in [2.05, 4.69) is 0 Å². The molecule has 0 aliphatic carbocycles. The molecule has 0 atom stereocenters. The Morgan fingerprint density at radius 2 is 1.86 bits per heavy atom. The first-order valence-corrected chi connectivity index (χ1v) is 6.74. The number of ether oxygens (including phenoxy) is 1. The molecule has 0 aliphatic rings. The topological polar surface area (TPSA) is 59.7 Å². The van der Waals surface area contributed by atoms with Gasteiger partial charge in [-0.25, -0.2) is 0 Å². The van der Waals surface area contributed by atoms with E-state index in [1.807, 2.05) is 12.1 Å². The molecular weight excluding hydrogens is 280 g/mol. The van der Waals surface area contributed by atoms with Gasteiger partial charge in [0.2, 0.25) is 0 Å². The van der Waals surface area contributed by atoms with Crippen LogP contribution in [-0.2, 0) is 0 Å². The molecule has 0 radical (unpaired) electrons. The van der Waals surface area contributed by atoms with Gasteiger partial charge in [0, 0.05) is 11.1 Å². The molecular formula is C18H14O4. The van der Waals surface area contributed by atoms with Crippen LogP contribution in [0, 0.1) is 0 Å². The third kappa shape index (κ3) is 2.59. The van der Waals surface area contributed by atoms with Gasteiger partial charge in [0.1, 0.15) is 17.3 Å². The van der Waals surface area contributed by atoms with Crippen molar-refractivity contribution in [2.45, 2.75) is 0 Å². The minimum absolute atomic E-state index is 0.118. The van der Waals surface area contributed by atoms with E-state index in [4.69, 9.17) is 9.15 Å². The Hall–Kier alpha value is -3.01. The number of carbonyl (C=O) groups excluding carboxylic acids is 1. The summed E-state index contributed by atoms with van der Waals surface area (Å²) in [6.45, 7) is 0. The van der Waals surface area contributed by atoms with E-state index in [0.29, 0.717) is 22.6 Å². The molecule has 0 bridgehead atoms. The highest BCUT2D eigenvalue weighted by Crippen LogP contribution is 2.29. The summed E-state index contributed by atoms with van der Waals surface area (Å²) in [6, 6.07) is 15.1. The van der Waals surface area contributed by atoms with Gasteiger partial charge in [0.05, 0.1) is 18.9 Å². The summed E-state index contributed by atoms with van der Waals surface area (Å²) >= 11 is 0. The predicted molar refractivity (Wildman–Crippen MR) is 82.2 cm³/mol. The SMILES string of the molecule is COc1ccc(-c2ccco2)cc1C(=O)c1ccc(O)cc1. The normalized spacial score (nSPS) is 10.4. The summed E-state index contributed by atoms with van der Waals surface area (Å²) in [5.41, 5.74) is 1.72. The van der Waals surface area contributed by atoms with Crippen molar-refractivity contribution < 1.29 is 19.1 Å². The number of aromatic hydroxyl groups is 1. The summed E-state index contributed by atoms with van der Waals surface area (Å²) in [7, 11) is 1.52. The minimum Gasteiger partial charge on any atom is -0.508 e. The maximum atomic E-state index is 12.7. The van der Waals surface area contributed by atoms with Crippen LogP contribution in [0.25, 0.3) is 11.3 Å². The highest BCUT2D eigenvalue weighted by atomic mass is 16.5. The molecule has 0 spiro atoms. The molecule has 110 valence electrons. The van der Waals surface area contributed by atoms with Gasteiger partial charge in [-0.05, 0) is 54.6 Å². The maximum Gasteiger partial charge on any atom is 0.196 e. The lowest BCUT2D eigenvalue weighted by Gasteiger charge is -2.09. The van der Waals surface area contributed by atoms with E-state index in [9.17, 15) is 9.90 Å². The summed E-state index contributed by atoms with van der Waals surface area (Å²) < 4.78 is 10.6. The molecule has 2 aromatic carbocycles. The van der Waals surface area contributed by atoms with Crippen molar-refractivity contribution in [3.63, 3.8) is 0 Å². The average Bonchev–Trinajstić information content (AvgIpc) is 3.09.